The number of nitrogens with zero attached hydrogens (tertiary/aromatic N) is 4. The van der Waals surface area contributed by atoms with Gasteiger partial charge in [0.1, 0.15) is 5.82 Å². The summed E-state index contributed by atoms with van der Waals surface area (Å²) >= 11 is 1.29. The number of carbonyl (C=O) groups is 1. The van der Waals surface area contributed by atoms with Crippen molar-refractivity contribution in [3.05, 3.63) is 97.1 Å². The summed E-state index contributed by atoms with van der Waals surface area (Å²) in [5.74, 6) is 0.0953. The van der Waals surface area contributed by atoms with E-state index in [1.54, 1.807) is 24.5 Å². The van der Waals surface area contributed by atoms with Gasteiger partial charge in [-0.3, -0.25) is 14.3 Å². The van der Waals surface area contributed by atoms with Crippen molar-refractivity contribution in [2.24, 2.45) is 0 Å². The highest BCUT2D eigenvalue weighted by atomic mass is 32.2. The Labute approximate surface area is 199 Å². The lowest BCUT2D eigenvalue weighted by molar-refractivity contribution is -0.115. The lowest BCUT2D eigenvalue weighted by Crippen LogP contribution is -2.23. The molecule has 5 aromatic rings. The number of aromatic nitrogens is 4. The molecule has 0 radical (unpaired) electrons. The van der Waals surface area contributed by atoms with Crippen LogP contribution in [0, 0.1) is 5.82 Å². The van der Waals surface area contributed by atoms with Crippen LogP contribution in [0.4, 0.5) is 10.1 Å². The van der Waals surface area contributed by atoms with Gasteiger partial charge in [-0.05, 0) is 54.8 Å². The van der Waals surface area contributed by atoms with Crippen LogP contribution in [-0.2, 0) is 4.79 Å². The number of fused-ring (bicyclic) bond motifs is 1. The zero-order chi connectivity index (χ0) is 23.5. The van der Waals surface area contributed by atoms with Crippen molar-refractivity contribution < 1.29 is 9.18 Å². The van der Waals surface area contributed by atoms with Crippen LogP contribution in [-0.4, -0.2) is 30.9 Å². The zero-order valence-corrected chi connectivity index (χ0v) is 19.0. The second kappa shape index (κ2) is 9.44. The van der Waals surface area contributed by atoms with Gasteiger partial charge in [-0.15, -0.1) is 10.2 Å². The molecule has 0 saturated carbocycles. The Balaban J connectivity index is 1.45. The largest absolute Gasteiger partial charge is 0.325 e. The fraction of sp³-hybridized carbons (Fsp3) is 0.0769. The van der Waals surface area contributed by atoms with Crippen molar-refractivity contribution in [2.75, 3.05) is 5.32 Å². The van der Waals surface area contributed by atoms with Crippen LogP contribution in [0.5, 0.6) is 0 Å². The molecule has 0 saturated heterocycles. The lowest BCUT2D eigenvalue weighted by atomic mass is 10.1. The minimum absolute atomic E-state index is 0.152. The van der Waals surface area contributed by atoms with Gasteiger partial charge in [-0.1, -0.05) is 48.2 Å². The van der Waals surface area contributed by atoms with Crippen LogP contribution in [0.1, 0.15) is 6.92 Å². The Morgan fingerprint density at radius 1 is 0.941 bits per heavy atom. The molecule has 1 amide bonds. The Kier molecular flexibility index (Phi) is 6.05. The lowest BCUT2D eigenvalue weighted by Gasteiger charge is -2.15. The first-order chi connectivity index (χ1) is 16.6. The van der Waals surface area contributed by atoms with Gasteiger partial charge in [0.05, 0.1) is 5.25 Å². The van der Waals surface area contributed by atoms with Gasteiger partial charge in [0.25, 0.3) is 0 Å². The summed E-state index contributed by atoms with van der Waals surface area (Å²) in [6.45, 7) is 1.82. The molecule has 2 aromatic heterocycles. The summed E-state index contributed by atoms with van der Waals surface area (Å²) in [6, 6.07) is 23.5. The molecule has 8 heteroatoms. The molecular weight excluding hydrogens is 449 g/mol. The van der Waals surface area contributed by atoms with Crippen LogP contribution in [0.25, 0.3) is 27.8 Å². The van der Waals surface area contributed by atoms with Gasteiger partial charge in [0.2, 0.25) is 5.91 Å². The highest BCUT2D eigenvalue weighted by Crippen LogP contribution is 2.31. The summed E-state index contributed by atoms with van der Waals surface area (Å²) in [5, 5.41) is 13.8. The fourth-order valence-corrected chi connectivity index (χ4v) is 4.51. The molecule has 1 N–H and O–H groups in total. The van der Waals surface area contributed by atoms with Crippen molar-refractivity contribution in [1.29, 1.82) is 0 Å². The first-order valence-electron chi connectivity index (χ1n) is 10.7. The maximum Gasteiger partial charge on any atom is 0.237 e. The topological polar surface area (TPSA) is 72.7 Å². The van der Waals surface area contributed by atoms with E-state index >= 15 is 0 Å². The molecule has 0 fully saturated rings. The van der Waals surface area contributed by atoms with Crippen molar-refractivity contribution in [3.63, 3.8) is 0 Å². The summed E-state index contributed by atoms with van der Waals surface area (Å²) < 4.78 is 15.4. The van der Waals surface area contributed by atoms with E-state index in [-0.39, 0.29) is 11.7 Å². The Bertz CT molecular complexity index is 1450. The second-order valence-corrected chi connectivity index (χ2v) is 8.94. The summed E-state index contributed by atoms with van der Waals surface area (Å²) in [5.41, 5.74) is 2.27. The van der Waals surface area contributed by atoms with Crippen LogP contribution in [0.2, 0.25) is 0 Å². The molecule has 2 heterocycles. The van der Waals surface area contributed by atoms with Crippen LogP contribution >= 0.6 is 11.8 Å². The molecule has 3 aromatic carbocycles. The molecule has 168 valence electrons. The number of pyridine rings is 1. The number of thioether (sulfide) groups is 1. The SMILES string of the molecule is CC(Sc1nnc(-c2ccncc2)n1-c1ccc(F)cc1)C(=O)Nc1cccc2ccccc12. The van der Waals surface area contributed by atoms with Gasteiger partial charge < -0.3 is 5.32 Å². The Morgan fingerprint density at radius 2 is 1.68 bits per heavy atom. The molecule has 0 spiro atoms. The fourth-order valence-electron chi connectivity index (χ4n) is 3.64. The molecule has 1 atom stereocenters. The molecule has 34 heavy (non-hydrogen) atoms. The summed E-state index contributed by atoms with van der Waals surface area (Å²) in [6.07, 6.45) is 3.35. The summed E-state index contributed by atoms with van der Waals surface area (Å²) in [4.78, 5) is 17.1. The standard InChI is InChI=1S/C26H20FN5OS/c1-17(25(33)29-23-8-4-6-18-5-2-3-7-22(18)23)34-26-31-30-24(19-13-15-28-16-14-19)32(26)21-11-9-20(27)10-12-21/h2-17H,1H3,(H,29,33). The van der Waals surface area contributed by atoms with E-state index in [0.29, 0.717) is 16.7 Å². The van der Waals surface area contributed by atoms with Gasteiger partial charge >= 0.3 is 0 Å². The zero-order valence-electron chi connectivity index (χ0n) is 18.2. The van der Waals surface area contributed by atoms with Crippen LogP contribution < -0.4 is 5.32 Å². The average Bonchev–Trinajstić information content (AvgIpc) is 3.28. The summed E-state index contributed by atoms with van der Waals surface area (Å²) in [7, 11) is 0. The quantitative estimate of drug-likeness (QED) is 0.321. The van der Waals surface area contributed by atoms with Crippen molar-refractivity contribution in [2.45, 2.75) is 17.3 Å². The molecule has 0 bridgehead atoms. The van der Waals surface area contributed by atoms with Gasteiger partial charge in [-0.25, -0.2) is 4.39 Å². The number of rotatable bonds is 6. The van der Waals surface area contributed by atoms with Crippen molar-refractivity contribution in [3.8, 4) is 17.1 Å². The first kappa shape index (κ1) is 21.8. The Morgan fingerprint density at radius 3 is 2.47 bits per heavy atom. The monoisotopic (exact) mass is 469 g/mol. The Hall–Kier alpha value is -4.04. The van der Waals surface area contributed by atoms with Crippen molar-refractivity contribution >= 4 is 34.1 Å². The third-order valence-electron chi connectivity index (χ3n) is 5.36. The second-order valence-electron chi connectivity index (χ2n) is 7.63. The molecule has 0 aliphatic carbocycles. The maximum absolute atomic E-state index is 13.6. The number of amides is 1. The van der Waals surface area contributed by atoms with Gasteiger partial charge in [0.15, 0.2) is 11.0 Å². The molecule has 0 aliphatic heterocycles. The van der Waals surface area contributed by atoms with Gasteiger partial charge in [-0.2, -0.15) is 0 Å². The highest BCUT2D eigenvalue weighted by molar-refractivity contribution is 8.00. The predicted molar refractivity (Wildman–Crippen MR) is 132 cm³/mol. The molecular formula is C26H20FN5OS. The van der Waals surface area contributed by atoms with E-state index in [1.165, 1.54) is 23.9 Å². The minimum Gasteiger partial charge on any atom is -0.325 e. The predicted octanol–water partition coefficient (Wildman–Crippen LogP) is 5.74. The molecule has 1 unspecified atom stereocenters. The average molecular weight is 470 g/mol. The smallest absolute Gasteiger partial charge is 0.237 e. The van der Waals surface area contributed by atoms with E-state index in [2.05, 4.69) is 20.5 Å². The van der Waals surface area contributed by atoms with E-state index < -0.39 is 5.25 Å². The molecule has 0 aliphatic rings. The third-order valence-corrected chi connectivity index (χ3v) is 6.40. The minimum atomic E-state index is -0.465. The normalized spacial score (nSPS) is 11.9. The highest BCUT2D eigenvalue weighted by Gasteiger charge is 2.22. The number of anilines is 1. The van der Waals surface area contributed by atoms with E-state index in [9.17, 15) is 9.18 Å². The molecule has 6 nitrogen and oxygen atoms in total. The van der Waals surface area contributed by atoms with Crippen LogP contribution in [0.15, 0.2) is 96.4 Å². The van der Waals surface area contributed by atoms with Gasteiger partial charge in [0, 0.05) is 34.7 Å². The van der Waals surface area contributed by atoms with E-state index in [0.717, 1.165) is 22.0 Å². The molecule has 5 rings (SSSR count). The number of carbonyl (C=O) groups excluding carboxylic acids is 1. The maximum atomic E-state index is 13.6. The number of hydrogen-bond donors (Lipinski definition) is 1. The van der Waals surface area contributed by atoms with Crippen LogP contribution in [0.3, 0.4) is 0 Å². The number of halogens is 1. The number of hydrogen-bond acceptors (Lipinski definition) is 5. The number of nitrogens with one attached hydrogen (secondary N) is 1. The van der Waals surface area contributed by atoms with E-state index in [4.69, 9.17) is 0 Å². The number of benzene rings is 3. The first-order valence-corrected chi connectivity index (χ1v) is 11.5. The van der Waals surface area contributed by atoms with Crippen molar-refractivity contribution in [1.82, 2.24) is 19.7 Å². The third kappa shape index (κ3) is 4.40. The van der Waals surface area contributed by atoms with E-state index in [1.807, 2.05) is 66.1 Å².